The molecule has 1 amide bonds. The van der Waals surface area contributed by atoms with Crippen LogP contribution in [0.25, 0.3) is 0 Å². The topological polar surface area (TPSA) is 75.6 Å². The van der Waals surface area contributed by atoms with Gasteiger partial charge in [-0.05, 0) is 46.5 Å². The van der Waals surface area contributed by atoms with Crippen LogP contribution in [0.4, 0.5) is 0 Å². The molecule has 0 aliphatic carbocycles. The van der Waals surface area contributed by atoms with E-state index in [0.717, 1.165) is 18.6 Å². The summed E-state index contributed by atoms with van der Waals surface area (Å²) in [7, 11) is 3.14. The van der Waals surface area contributed by atoms with Gasteiger partial charge >= 0.3 is 5.97 Å². The van der Waals surface area contributed by atoms with Gasteiger partial charge in [0.15, 0.2) is 0 Å². The molecule has 1 saturated heterocycles. The average molecular weight is 364 g/mol. The predicted molar refractivity (Wildman–Crippen MR) is 96.8 cm³/mol. The summed E-state index contributed by atoms with van der Waals surface area (Å²) in [6.45, 7) is 8.97. The standard InChI is InChI=1S/C16H29NO4S2/c1-15(2)10-12(11-16(3,4)21-15)9-13(18)17-6-8-23-22-7-5-14(19)20/h12H,5-11H2,1-4H3,(H,17,18)(H,19,20). The Labute approximate surface area is 147 Å². The fourth-order valence-corrected chi connectivity index (χ4v) is 5.14. The van der Waals surface area contributed by atoms with E-state index in [1.165, 1.54) is 10.8 Å². The molecule has 7 heteroatoms. The van der Waals surface area contributed by atoms with Crippen LogP contribution >= 0.6 is 21.6 Å². The molecule has 0 saturated carbocycles. The van der Waals surface area contributed by atoms with Gasteiger partial charge in [0, 0.05) is 24.5 Å². The van der Waals surface area contributed by atoms with Gasteiger partial charge < -0.3 is 15.2 Å². The Morgan fingerprint density at radius 1 is 1.13 bits per heavy atom. The van der Waals surface area contributed by atoms with E-state index < -0.39 is 5.97 Å². The lowest BCUT2D eigenvalue weighted by molar-refractivity contribution is -0.174. The van der Waals surface area contributed by atoms with Crippen molar-refractivity contribution in [1.29, 1.82) is 0 Å². The molecule has 23 heavy (non-hydrogen) atoms. The van der Waals surface area contributed by atoms with Gasteiger partial charge in [-0.2, -0.15) is 0 Å². The molecule has 0 aromatic heterocycles. The lowest BCUT2D eigenvalue weighted by Gasteiger charge is -2.45. The van der Waals surface area contributed by atoms with Crippen LogP contribution < -0.4 is 5.32 Å². The molecular weight excluding hydrogens is 334 g/mol. The van der Waals surface area contributed by atoms with Gasteiger partial charge in [0.25, 0.3) is 0 Å². The van der Waals surface area contributed by atoms with Crippen molar-refractivity contribution in [2.24, 2.45) is 5.92 Å². The highest BCUT2D eigenvalue weighted by atomic mass is 33.1. The second-order valence-electron chi connectivity index (χ2n) is 7.24. The summed E-state index contributed by atoms with van der Waals surface area (Å²) in [5.41, 5.74) is -0.355. The number of carbonyl (C=O) groups is 2. The molecule has 1 aliphatic heterocycles. The number of ether oxygens (including phenoxy) is 1. The van der Waals surface area contributed by atoms with Gasteiger partial charge in [-0.3, -0.25) is 9.59 Å². The molecule has 0 aromatic carbocycles. The minimum absolute atomic E-state index is 0.0969. The number of rotatable bonds is 9. The highest BCUT2D eigenvalue weighted by Gasteiger charge is 2.39. The lowest BCUT2D eigenvalue weighted by Crippen LogP contribution is -2.46. The molecule has 0 bridgehead atoms. The van der Waals surface area contributed by atoms with Crippen LogP contribution in [-0.2, 0) is 14.3 Å². The molecule has 1 rings (SSSR count). The minimum atomic E-state index is -0.770. The number of carboxylic acids is 1. The third kappa shape index (κ3) is 9.47. The fourth-order valence-electron chi connectivity index (χ4n) is 3.25. The Balaban J connectivity index is 2.17. The molecule has 1 heterocycles. The highest BCUT2D eigenvalue weighted by Crippen LogP contribution is 2.39. The Morgan fingerprint density at radius 2 is 1.70 bits per heavy atom. The van der Waals surface area contributed by atoms with Crippen LogP contribution in [0, 0.1) is 5.92 Å². The van der Waals surface area contributed by atoms with Gasteiger partial charge in [-0.25, -0.2) is 0 Å². The molecule has 0 radical (unpaired) electrons. The Kier molecular flexibility index (Phi) is 8.24. The smallest absolute Gasteiger partial charge is 0.304 e. The van der Waals surface area contributed by atoms with E-state index in [4.69, 9.17) is 9.84 Å². The zero-order chi connectivity index (χ0) is 17.5. The van der Waals surface area contributed by atoms with Crippen molar-refractivity contribution in [2.75, 3.05) is 18.1 Å². The van der Waals surface area contributed by atoms with E-state index in [1.807, 2.05) is 0 Å². The molecule has 5 nitrogen and oxygen atoms in total. The maximum atomic E-state index is 12.1. The second kappa shape index (κ2) is 9.18. The number of carboxylic acid groups (broad SMARTS) is 1. The van der Waals surface area contributed by atoms with Crippen LogP contribution in [0.5, 0.6) is 0 Å². The summed E-state index contributed by atoms with van der Waals surface area (Å²) in [5, 5.41) is 11.5. The molecule has 0 spiro atoms. The number of hydrogen-bond donors (Lipinski definition) is 2. The fraction of sp³-hybridized carbons (Fsp3) is 0.875. The van der Waals surface area contributed by atoms with Crippen LogP contribution in [-0.4, -0.2) is 46.2 Å². The second-order valence-corrected chi connectivity index (χ2v) is 9.94. The van der Waals surface area contributed by atoms with Crippen molar-refractivity contribution in [2.45, 2.75) is 64.6 Å². The Hall–Kier alpha value is -0.400. The first-order valence-corrected chi connectivity index (χ1v) is 10.5. The molecule has 2 N–H and O–H groups in total. The summed E-state index contributed by atoms with van der Waals surface area (Å²) >= 11 is 0. The van der Waals surface area contributed by atoms with E-state index in [9.17, 15) is 9.59 Å². The van der Waals surface area contributed by atoms with Gasteiger partial charge in [0.05, 0.1) is 17.6 Å². The van der Waals surface area contributed by atoms with Crippen molar-refractivity contribution in [1.82, 2.24) is 5.32 Å². The van der Waals surface area contributed by atoms with Crippen molar-refractivity contribution in [3.05, 3.63) is 0 Å². The van der Waals surface area contributed by atoms with E-state index in [0.29, 0.717) is 24.6 Å². The first-order valence-electron chi connectivity index (χ1n) is 8.03. The molecule has 1 aliphatic rings. The molecular formula is C16H29NO4S2. The summed E-state index contributed by atoms with van der Waals surface area (Å²) in [5.74, 6) is 1.07. The number of carbonyl (C=O) groups excluding carboxylic acids is 1. The SMILES string of the molecule is CC1(C)CC(CC(=O)NCCSSCCC(=O)O)CC(C)(C)O1. The number of amides is 1. The normalized spacial score (nSPS) is 20.2. The predicted octanol–water partition coefficient (Wildman–Crippen LogP) is 3.33. The highest BCUT2D eigenvalue weighted by molar-refractivity contribution is 8.76. The Morgan fingerprint density at radius 3 is 2.26 bits per heavy atom. The third-order valence-corrected chi connectivity index (χ3v) is 5.99. The molecule has 0 unspecified atom stereocenters. The first-order chi connectivity index (χ1) is 10.6. The van der Waals surface area contributed by atoms with E-state index >= 15 is 0 Å². The first kappa shape index (κ1) is 20.6. The molecule has 134 valence electrons. The molecule has 0 atom stereocenters. The van der Waals surface area contributed by atoms with Crippen LogP contribution in [0.3, 0.4) is 0 Å². The summed E-state index contributed by atoms with van der Waals surface area (Å²) in [6.07, 6.45) is 2.54. The number of hydrogen-bond acceptors (Lipinski definition) is 5. The summed E-state index contributed by atoms with van der Waals surface area (Å²) < 4.78 is 6.05. The zero-order valence-corrected chi connectivity index (χ0v) is 16.1. The maximum Gasteiger partial charge on any atom is 0.304 e. The largest absolute Gasteiger partial charge is 0.481 e. The van der Waals surface area contributed by atoms with Crippen LogP contribution in [0.1, 0.15) is 53.4 Å². The van der Waals surface area contributed by atoms with Crippen LogP contribution in [0.2, 0.25) is 0 Å². The third-order valence-electron chi connectivity index (χ3n) is 3.58. The maximum absolute atomic E-state index is 12.1. The lowest BCUT2D eigenvalue weighted by atomic mass is 9.79. The van der Waals surface area contributed by atoms with E-state index in [-0.39, 0.29) is 23.5 Å². The summed E-state index contributed by atoms with van der Waals surface area (Å²) in [6, 6.07) is 0. The van der Waals surface area contributed by atoms with Gasteiger partial charge in [-0.1, -0.05) is 21.6 Å². The van der Waals surface area contributed by atoms with Crippen molar-refractivity contribution in [3.63, 3.8) is 0 Å². The monoisotopic (exact) mass is 363 g/mol. The van der Waals surface area contributed by atoms with Gasteiger partial charge in [0.2, 0.25) is 5.91 Å². The average Bonchev–Trinajstić information content (AvgIpc) is 2.33. The van der Waals surface area contributed by atoms with Crippen molar-refractivity contribution in [3.8, 4) is 0 Å². The van der Waals surface area contributed by atoms with E-state index in [1.54, 1.807) is 10.8 Å². The van der Waals surface area contributed by atoms with Gasteiger partial charge in [0.1, 0.15) is 0 Å². The number of aliphatic carboxylic acids is 1. The van der Waals surface area contributed by atoms with Crippen molar-refractivity contribution < 1.29 is 19.4 Å². The van der Waals surface area contributed by atoms with Crippen LogP contribution in [0.15, 0.2) is 0 Å². The number of nitrogens with one attached hydrogen (secondary N) is 1. The zero-order valence-electron chi connectivity index (χ0n) is 14.5. The Bertz CT molecular complexity index is 397. The minimum Gasteiger partial charge on any atom is -0.481 e. The quantitative estimate of drug-likeness (QED) is 0.483. The van der Waals surface area contributed by atoms with Gasteiger partial charge in [-0.15, -0.1) is 0 Å². The molecule has 1 fully saturated rings. The molecule has 0 aromatic rings. The van der Waals surface area contributed by atoms with Crippen molar-refractivity contribution >= 4 is 33.5 Å². The summed E-state index contributed by atoms with van der Waals surface area (Å²) in [4.78, 5) is 22.4. The van der Waals surface area contributed by atoms with E-state index in [2.05, 4.69) is 33.0 Å².